The summed E-state index contributed by atoms with van der Waals surface area (Å²) in [5.74, 6) is 0. The zero-order valence-corrected chi connectivity index (χ0v) is 13.7. The second-order valence-corrected chi connectivity index (χ2v) is 6.31. The average Bonchev–Trinajstić information content (AvgIpc) is 2.92. The number of hydrogen-bond acceptors (Lipinski definition) is 4. The predicted molar refractivity (Wildman–Crippen MR) is 96.9 cm³/mol. The quantitative estimate of drug-likeness (QED) is 0.806. The molecule has 1 N–H and O–H groups in total. The molecular formula is C20H22N4. The number of hydrogen-bond donors (Lipinski definition) is 1. The van der Waals surface area contributed by atoms with Crippen molar-refractivity contribution in [1.82, 2.24) is 20.2 Å². The van der Waals surface area contributed by atoms with Gasteiger partial charge >= 0.3 is 0 Å². The third kappa shape index (κ3) is 3.16. The lowest BCUT2D eigenvalue weighted by atomic mass is 9.96. The van der Waals surface area contributed by atoms with Crippen LogP contribution < -0.4 is 5.32 Å². The maximum absolute atomic E-state index is 4.36. The Morgan fingerprint density at radius 1 is 0.875 bits per heavy atom. The minimum absolute atomic E-state index is 0.246. The number of fused-ring (bicyclic) bond motifs is 1. The Labute approximate surface area is 142 Å². The maximum atomic E-state index is 4.36. The number of aromatic nitrogens is 2. The van der Waals surface area contributed by atoms with E-state index in [1.807, 2.05) is 30.9 Å². The average molecular weight is 318 g/mol. The van der Waals surface area contributed by atoms with Crippen LogP contribution in [0.25, 0.3) is 10.8 Å². The SMILES string of the molecule is c1cncc(C(c2ccc3cnccc3c2)N2CCCNCC2)c1. The van der Waals surface area contributed by atoms with Gasteiger partial charge in [0.25, 0.3) is 0 Å². The highest BCUT2D eigenvalue weighted by molar-refractivity contribution is 5.82. The van der Waals surface area contributed by atoms with Crippen molar-refractivity contribution >= 4 is 10.8 Å². The number of nitrogens with one attached hydrogen (secondary N) is 1. The summed E-state index contributed by atoms with van der Waals surface area (Å²) in [5, 5.41) is 5.92. The smallest absolute Gasteiger partial charge is 0.0617 e. The van der Waals surface area contributed by atoms with Crippen LogP contribution in [-0.2, 0) is 0 Å². The van der Waals surface area contributed by atoms with E-state index in [1.54, 1.807) is 0 Å². The Kier molecular flexibility index (Phi) is 4.49. The highest BCUT2D eigenvalue weighted by Crippen LogP contribution is 2.30. The van der Waals surface area contributed by atoms with Crippen molar-refractivity contribution in [2.75, 3.05) is 26.2 Å². The fourth-order valence-corrected chi connectivity index (χ4v) is 3.55. The molecule has 1 unspecified atom stereocenters. The molecule has 1 aliphatic rings. The number of benzene rings is 1. The first-order chi connectivity index (χ1) is 11.9. The molecule has 1 atom stereocenters. The van der Waals surface area contributed by atoms with Gasteiger partial charge in [-0.05, 0) is 47.7 Å². The first kappa shape index (κ1) is 15.2. The zero-order chi connectivity index (χ0) is 16.2. The van der Waals surface area contributed by atoms with E-state index in [2.05, 4.69) is 50.5 Å². The Hall–Kier alpha value is -2.30. The standard InChI is InChI=1S/C20H22N4/c1-3-19(15-22-7-1)20(24-11-2-8-21-10-12-24)17-4-5-18-14-23-9-6-16(18)13-17/h1,3-7,9,13-15,20-21H,2,8,10-12H2. The first-order valence-corrected chi connectivity index (χ1v) is 8.60. The number of nitrogens with zero attached hydrogens (tertiary/aromatic N) is 3. The van der Waals surface area contributed by atoms with Crippen molar-refractivity contribution in [3.63, 3.8) is 0 Å². The molecule has 0 radical (unpaired) electrons. The summed E-state index contributed by atoms with van der Waals surface area (Å²) in [6.07, 6.45) is 8.81. The van der Waals surface area contributed by atoms with Crippen LogP contribution in [0, 0.1) is 0 Å². The molecule has 24 heavy (non-hydrogen) atoms. The molecule has 0 bridgehead atoms. The Bertz CT molecular complexity index is 795. The third-order valence-corrected chi connectivity index (χ3v) is 4.72. The van der Waals surface area contributed by atoms with Crippen molar-refractivity contribution < 1.29 is 0 Å². The molecule has 0 aliphatic carbocycles. The molecule has 122 valence electrons. The van der Waals surface area contributed by atoms with E-state index >= 15 is 0 Å². The van der Waals surface area contributed by atoms with Gasteiger partial charge in [-0.25, -0.2) is 0 Å². The summed E-state index contributed by atoms with van der Waals surface area (Å²) in [7, 11) is 0. The summed E-state index contributed by atoms with van der Waals surface area (Å²) in [5.41, 5.74) is 2.58. The minimum atomic E-state index is 0.246. The molecule has 1 fully saturated rings. The molecule has 1 saturated heterocycles. The largest absolute Gasteiger partial charge is 0.315 e. The van der Waals surface area contributed by atoms with Gasteiger partial charge in [-0.1, -0.05) is 18.2 Å². The van der Waals surface area contributed by atoms with Crippen molar-refractivity contribution in [3.05, 3.63) is 72.3 Å². The molecule has 0 spiro atoms. The molecular weight excluding hydrogens is 296 g/mol. The van der Waals surface area contributed by atoms with Crippen LogP contribution in [0.1, 0.15) is 23.6 Å². The molecule has 4 rings (SSSR count). The van der Waals surface area contributed by atoms with Crippen LogP contribution >= 0.6 is 0 Å². The molecule has 0 saturated carbocycles. The molecule has 0 amide bonds. The van der Waals surface area contributed by atoms with E-state index in [1.165, 1.54) is 28.3 Å². The summed E-state index contributed by atoms with van der Waals surface area (Å²) < 4.78 is 0. The summed E-state index contributed by atoms with van der Waals surface area (Å²) in [4.78, 5) is 11.1. The predicted octanol–water partition coefficient (Wildman–Crippen LogP) is 3.01. The van der Waals surface area contributed by atoms with Crippen LogP contribution in [0.4, 0.5) is 0 Å². The summed E-state index contributed by atoms with van der Waals surface area (Å²) in [6.45, 7) is 4.28. The Morgan fingerprint density at radius 3 is 2.75 bits per heavy atom. The second kappa shape index (κ2) is 7.07. The van der Waals surface area contributed by atoms with E-state index < -0.39 is 0 Å². The van der Waals surface area contributed by atoms with Crippen LogP contribution in [-0.4, -0.2) is 41.0 Å². The first-order valence-electron chi connectivity index (χ1n) is 8.60. The fraction of sp³-hybridized carbons (Fsp3) is 0.300. The van der Waals surface area contributed by atoms with Crippen LogP contribution in [0.5, 0.6) is 0 Å². The molecule has 3 aromatic rings. The number of pyridine rings is 2. The lowest BCUT2D eigenvalue weighted by molar-refractivity contribution is 0.241. The van der Waals surface area contributed by atoms with Crippen molar-refractivity contribution in [3.8, 4) is 0 Å². The topological polar surface area (TPSA) is 41.1 Å². The minimum Gasteiger partial charge on any atom is -0.315 e. The fourth-order valence-electron chi connectivity index (χ4n) is 3.55. The van der Waals surface area contributed by atoms with E-state index in [4.69, 9.17) is 0 Å². The van der Waals surface area contributed by atoms with Gasteiger partial charge < -0.3 is 5.32 Å². The molecule has 2 aromatic heterocycles. The molecule has 1 aliphatic heterocycles. The van der Waals surface area contributed by atoms with Crippen LogP contribution in [0.2, 0.25) is 0 Å². The summed E-state index contributed by atoms with van der Waals surface area (Å²) >= 11 is 0. The van der Waals surface area contributed by atoms with Gasteiger partial charge in [0, 0.05) is 49.8 Å². The van der Waals surface area contributed by atoms with Crippen molar-refractivity contribution in [1.29, 1.82) is 0 Å². The molecule has 3 heterocycles. The normalized spacial score (nSPS) is 17.5. The lowest BCUT2D eigenvalue weighted by Crippen LogP contribution is -2.33. The van der Waals surface area contributed by atoms with Crippen LogP contribution in [0.15, 0.2) is 61.2 Å². The molecule has 4 heteroatoms. The second-order valence-electron chi connectivity index (χ2n) is 6.31. The lowest BCUT2D eigenvalue weighted by Gasteiger charge is -2.31. The summed E-state index contributed by atoms with van der Waals surface area (Å²) in [6, 6.07) is 13.3. The van der Waals surface area contributed by atoms with Crippen molar-refractivity contribution in [2.45, 2.75) is 12.5 Å². The molecule has 4 nitrogen and oxygen atoms in total. The van der Waals surface area contributed by atoms with Gasteiger partial charge in [0.2, 0.25) is 0 Å². The maximum Gasteiger partial charge on any atom is 0.0617 e. The van der Waals surface area contributed by atoms with Gasteiger partial charge in [-0.2, -0.15) is 0 Å². The van der Waals surface area contributed by atoms with Gasteiger partial charge in [0.05, 0.1) is 6.04 Å². The Morgan fingerprint density at radius 2 is 1.83 bits per heavy atom. The van der Waals surface area contributed by atoms with Gasteiger partial charge in [-0.15, -0.1) is 0 Å². The van der Waals surface area contributed by atoms with E-state index in [-0.39, 0.29) is 6.04 Å². The van der Waals surface area contributed by atoms with Gasteiger partial charge in [-0.3, -0.25) is 14.9 Å². The third-order valence-electron chi connectivity index (χ3n) is 4.72. The molecule has 1 aromatic carbocycles. The van der Waals surface area contributed by atoms with Gasteiger partial charge in [0.1, 0.15) is 0 Å². The Balaban J connectivity index is 1.78. The highest BCUT2D eigenvalue weighted by Gasteiger charge is 2.23. The number of rotatable bonds is 3. The zero-order valence-electron chi connectivity index (χ0n) is 13.7. The van der Waals surface area contributed by atoms with E-state index in [0.717, 1.165) is 26.2 Å². The van der Waals surface area contributed by atoms with Crippen molar-refractivity contribution in [2.24, 2.45) is 0 Å². The highest BCUT2D eigenvalue weighted by atomic mass is 15.2. The van der Waals surface area contributed by atoms with Crippen LogP contribution in [0.3, 0.4) is 0 Å². The van der Waals surface area contributed by atoms with Gasteiger partial charge in [0.15, 0.2) is 0 Å². The van der Waals surface area contributed by atoms with E-state index in [0.29, 0.717) is 0 Å². The van der Waals surface area contributed by atoms with E-state index in [9.17, 15) is 0 Å². The monoisotopic (exact) mass is 318 g/mol.